The number of hydrogen-bond donors (Lipinski definition) is 2. The molecule has 0 heterocycles. The molecule has 8 nitrogen and oxygen atoms in total. The monoisotopic (exact) mass is 452 g/mol. The van der Waals surface area contributed by atoms with Crippen LogP contribution in [0.25, 0.3) is 11.1 Å². The number of amides is 2. The summed E-state index contributed by atoms with van der Waals surface area (Å²) < 4.78 is 5.62. The van der Waals surface area contributed by atoms with Crippen LogP contribution in [0.15, 0.2) is 48.5 Å². The number of carbonyl (C=O) groups excluding carboxylic acids is 2. The standard InChI is InChI=1S/C25H28N2O6/c1-27(33-15-23(28)29)24(30)16-7-6-8-17(13-16)26-25(31)32-14-22-20-11-4-2-9-18(20)19-10-3-5-12-21(19)22/h2-5,9-12,16-17,22H,6-8,13-15H2,1H3,(H,26,31)(H,28,29)/t16-,17-/m1/s1. The van der Waals surface area contributed by atoms with Gasteiger partial charge in [-0.15, -0.1) is 0 Å². The van der Waals surface area contributed by atoms with Gasteiger partial charge >= 0.3 is 12.1 Å². The average molecular weight is 453 g/mol. The van der Waals surface area contributed by atoms with Crippen molar-refractivity contribution in [3.8, 4) is 11.1 Å². The summed E-state index contributed by atoms with van der Waals surface area (Å²) in [7, 11) is 1.41. The Morgan fingerprint density at radius 3 is 2.30 bits per heavy atom. The van der Waals surface area contributed by atoms with E-state index in [1.165, 1.54) is 18.2 Å². The first kappa shape index (κ1) is 22.8. The van der Waals surface area contributed by atoms with Gasteiger partial charge in [-0.05, 0) is 41.5 Å². The van der Waals surface area contributed by atoms with Gasteiger partial charge in [0.1, 0.15) is 6.61 Å². The van der Waals surface area contributed by atoms with Gasteiger partial charge in [0.2, 0.25) is 5.91 Å². The first-order chi connectivity index (χ1) is 15.9. The number of rotatable bonds is 7. The van der Waals surface area contributed by atoms with E-state index >= 15 is 0 Å². The second-order valence-electron chi connectivity index (χ2n) is 8.53. The van der Waals surface area contributed by atoms with E-state index in [1.807, 2.05) is 24.3 Å². The van der Waals surface area contributed by atoms with Gasteiger partial charge in [0.25, 0.3) is 0 Å². The predicted molar refractivity (Wildman–Crippen MR) is 120 cm³/mol. The molecule has 2 aromatic rings. The molecule has 2 atom stereocenters. The van der Waals surface area contributed by atoms with Gasteiger partial charge in [0, 0.05) is 24.9 Å². The minimum atomic E-state index is -1.15. The molecular weight excluding hydrogens is 424 g/mol. The fourth-order valence-corrected chi connectivity index (χ4v) is 4.82. The van der Waals surface area contributed by atoms with Gasteiger partial charge < -0.3 is 15.2 Å². The van der Waals surface area contributed by atoms with E-state index < -0.39 is 18.7 Å². The van der Waals surface area contributed by atoms with E-state index in [-0.39, 0.29) is 30.4 Å². The number of hydroxylamine groups is 2. The molecule has 0 saturated heterocycles. The van der Waals surface area contributed by atoms with E-state index in [0.717, 1.165) is 29.0 Å². The van der Waals surface area contributed by atoms with Crippen LogP contribution in [0.2, 0.25) is 0 Å². The highest BCUT2D eigenvalue weighted by Crippen LogP contribution is 2.44. The Labute approximate surface area is 192 Å². The summed E-state index contributed by atoms with van der Waals surface area (Å²) in [6.07, 6.45) is 2.17. The van der Waals surface area contributed by atoms with Crippen LogP contribution >= 0.6 is 0 Å². The van der Waals surface area contributed by atoms with Crippen molar-refractivity contribution < 1.29 is 29.1 Å². The second kappa shape index (κ2) is 10.0. The summed E-state index contributed by atoms with van der Waals surface area (Å²) in [6, 6.07) is 16.1. The molecule has 0 bridgehead atoms. The van der Waals surface area contributed by atoms with E-state index in [9.17, 15) is 14.4 Å². The van der Waals surface area contributed by atoms with E-state index in [4.69, 9.17) is 14.7 Å². The zero-order valence-electron chi connectivity index (χ0n) is 18.5. The van der Waals surface area contributed by atoms with Crippen LogP contribution < -0.4 is 5.32 Å². The van der Waals surface area contributed by atoms with Gasteiger partial charge in [0.15, 0.2) is 6.61 Å². The van der Waals surface area contributed by atoms with Crippen molar-refractivity contribution in [1.82, 2.24) is 10.4 Å². The van der Waals surface area contributed by atoms with Crippen molar-refractivity contribution in [3.05, 3.63) is 59.7 Å². The molecule has 2 amide bonds. The summed E-state index contributed by atoms with van der Waals surface area (Å²) in [6.45, 7) is -0.336. The molecule has 1 fully saturated rings. The van der Waals surface area contributed by atoms with Gasteiger partial charge in [-0.2, -0.15) is 0 Å². The number of carbonyl (C=O) groups is 3. The Morgan fingerprint density at radius 1 is 1.03 bits per heavy atom. The summed E-state index contributed by atoms with van der Waals surface area (Å²) in [4.78, 5) is 40.7. The van der Waals surface area contributed by atoms with Crippen LogP contribution in [-0.2, 0) is 19.2 Å². The number of carboxylic acid groups (broad SMARTS) is 1. The SMILES string of the molecule is CN(OCC(=O)O)C(=O)[C@@H]1CCC[C@@H](NC(=O)OCC2c3ccccc3-c3ccccc32)C1. The minimum absolute atomic E-state index is 0.0103. The molecular formula is C25H28N2O6. The van der Waals surface area contributed by atoms with Crippen LogP contribution in [0.4, 0.5) is 4.79 Å². The maximum absolute atomic E-state index is 12.6. The number of benzene rings is 2. The molecule has 4 rings (SSSR count). The summed E-state index contributed by atoms with van der Waals surface area (Å²) in [5, 5.41) is 12.6. The fourth-order valence-electron chi connectivity index (χ4n) is 4.82. The van der Waals surface area contributed by atoms with Crippen molar-refractivity contribution in [2.45, 2.75) is 37.6 Å². The predicted octanol–water partition coefficient (Wildman–Crippen LogP) is 3.56. The lowest BCUT2D eigenvalue weighted by atomic mass is 9.85. The second-order valence-corrected chi connectivity index (χ2v) is 8.53. The van der Waals surface area contributed by atoms with Gasteiger partial charge in [0.05, 0.1) is 0 Å². The van der Waals surface area contributed by atoms with Crippen molar-refractivity contribution in [2.24, 2.45) is 5.92 Å². The van der Waals surface area contributed by atoms with Gasteiger partial charge in [-0.1, -0.05) is 55.0 Å². The molecule has 0 unspecified atom stereocenters. The molecule has 0 aromatic heterocycles. The number of fused-ring (bicyclic) bond motifs is 3. The molecule has 0 radical (unpaired) electrons. The first-order valence-electron chi connectivity index (χ1n) is 11.2. The van der Waals surface area contributed by atoms with Crippen LogP contribution in [0.5, 0.6) is 0 Å². The highest BCUT2D eigenvalue weighted by Gasteiger charge is 2.32. The molecule has 33 heavy (non-hydrogen) atoms. The van der Waals surface area contributed by atoms with Crippen LogP contribution in [0.3, 0.4) is 0 Å². The Morgan fingerprint density at radius 2 is 1.67 bits per heavy atom. The number of hydrogen-bond acceptors (Lipinski definition) is 5. The third-order valence-electron chi connectivity index (χ3n) is 6.38. The Balaban J connectivity index is 1.31. The van der Waals surface area contributed by atoms with E-state index in [2.05, 4.69) is 29.6 Å². The van der Waals surface area contributed by atoms with Gasteiger partial charge in [-0.3, -0.25) is 9.63 Å². The first-order valence-corrected chi connectivity index (χ1v) is 11.2. The minimum Gasteiger partial charge on any atom is -0.479 e. The lowest BCUT2D eigenvalue weighted by molar-refractivity contribution is -0.190. The molecule has 2 aromatic carbocycles. The normalized spacial score (nSPS) is 19.3. The largest absolute Gasteiger partial charge is 0.479 e. The maximum Gasteiger partial charge on any atom is 0.407 e. The lowest BCUT2D eigenvalue weighted by Gasteiger charge is -2.30. The molecule has 1 saturated carbocycles. The van der Waals surface area contributed by atoms with E-state index in [0.29, 0.717) is 12.8 Å². The molecule has 0 spiro atoms. The number of ether oxygens (including phenoxy) is 1. The molecule has 8 heteroatoms. The average Bonchev–Trinajstić information content (AvgIpc) is 3.14. The van der Waals surface area contributed by atoms with Crippen molar-refractivity contribution in [2.75, 3.05) is 20.3 Å². The van der Waals surface area contributed by atoms with Crippen LogP contribution in [0.1, 0.15) is 42.7 Å². The quantitative estimate of drug-likeness (QED) is 0.623. The van der Waals surface area contributed by atoms with Crippen LogP contribution in [-0.4, -0.2) is 54.4 Å². The highest BCUT2D eigenvalue weighted by molar-refractivity contribution is 5.79. The molecule has 2 N–H and O–H groups in total. The number of aliphatic carboxylic acids is 1. The molecule has 2 aliphatic rings. The fraction of sp³-hybridized carbons (Fsp3) is 0.400. The third-order valence-corrected chi connectivity index (χ3v) is 6.38. The Hall–Kier alpha value is -3.39. The number of nitrogens with zero attached hydrogens (tertiary/aromatic N) is 1. The number of alkyl carbamates (subject to hydrolysis) is 1. The summed E-state index contributed by atoms with van der Waals surface area (Å²) in [5.74, 6) is -1.77. The zero-order valence-corrected chi connectivity index (χ0v) is 18.5. The topological polar surface area (TPSA) is 105 Å². The zero-order chi connectivity index (χ0) is 23.4. The van der Waals surface area contributed by atoms with E-state index in [1.54, 1.807) is 0 Å². The lowest BCUT2D eigenvalue weighted by Crippen LogP contribution is -2.43. The highest BCUT2D eigenvalue weighted by atomic mass is 16.7. The maximum atomic E-state index is 12.6. The molecule has 174 valence electrons. The molecule has 0 aliphatic heterocycles. The molecule has 2 aliphatic carbocycles. The van der Waals surface area contributed by atoms with Crippen molar-refractivity contribution >= 4 is 18.0 Å². The van der Waals surface area contributed by atoms with Crippen molar-refractivity contribution in [3.63, 3.8) is 0 Å². The smallest absolute Gasteiger partial charge is 0.407 e. The number of carboxylic acids is 1. The van der Waals surface area contributed by atoms with Crippen LogP contribution in [0, 0.1) is 5.92 Å². The third kappa shape index (κ3) is 5.17. The van der Waals surface area contributed by atoms with Crippen molar-refractivity contribution in [1.29, 1.82) is 0 Å². The summed E-state index contributed by atoms with van der Waals surface area (Å²) in [5.41, 5.74) is 4.65. The number of nitrogens with one attached hydrogen (secondary N) is 1. The Bertz CT molecular complexity index is 994. The van der Waals surface area contributed by atoms with Gasteiger partial charge in [-0.25, -0.2) is 14.7 Å². The Kier molecular flexibility index (Phi) is 6.93. The summed E-state index contributed by atoms with van der Waals surface area (Å²) >= 11 is 0.